The average molecular weight is 304 g/mol. The average Bonchev–Trinajstić information content (AvgIpc) is 3.14. The molecule has 0 unspecified atom stereocenters. The van der Waals surface area contributed by atoms with Crippen molar-refractivity contribution in [2.45, 2.75) is 19.4 Å². The summed E-state index contributed by atoms with van der Waals surface area (Å²) in [6.07, 6.45) is 1.11. The molecular weight excluding hydrogens is 288 g/mol. The molecule has 0 aromatic carbocycles. The molecule has 6 nitrogen and oxygen atoms in total. The van der Waals surface area contributed by atoms with Gasteiger partial charge in [0, 0.05) is 37.8 Å². The van der Waals surface area contributed by atoms with Gasteiger partial charge in [-0.3, -0.25) is 14.7 Å². The summed E-state index contributed by atoms with van der Waals surface area (Å²) in [4.78, 5) is 25.9. The minimum absolute atomic E-state index is 0.0862. The van der Waals surface area contributed by atoms with Crippen molar-refractivity contribution in [2.75, 3.05) is 13.6 Å². The van der Waals surface area contributed by atoms with E-state index in [1.54, 1.807) is 23.3 Å². The summed E-state index contributed by atoms with van der Waals surface area (Å²) in [6.45, 7) is 1.10. The summed E-state index contributed by atoms with van der Waals surface area (Å²) < 4.78 is 0. The van der Waals surface area contributed by atoms with Crippen molar-refractivity contribution in [1.82, 2.24) is 20.4 Å². The van der Waals surface area contributed by atoms with E-state index in [9.17, 15) is 9.59 Å². The summed E-state index contributed by atoms with van der Waals surface area (Å²) in [6, 6.07) is 1.96. The van der Waals surface area contributed by atoms with Gasteiger partial charge in [0.25, 0.3) is 5.91 Å². The summed E-state index contributed by atoms with van der Waals surface area (Å²) in [5, 5.41) is 13.5. The zero-order valence-electron chi connectivity index (χ0n) is 11.7. The molecule has 21 heavy (non-hydrogen) atoms. The van der Waals surface area contributed by atoms with Crippen LogP contribution in [0.1, 0.15) is 27.3 Å². The Morgan fingerprint density at radius 2 is 2.38 bits per heavy atom. The van der Waals surface area contributed by atoms with Gasteiger partial charge in [0.2, 0.25) is 5.91 Å². The molecule has 1 aliphatic heterocycles. The molecular formula is C14H16N4O2S. The lowest BCUT2D eigenvalue weighted by molar-refractivity contribution is -0.131. The number of aromatic nitrogens is 2. The van der Waals surface area contributed by atoms with Gasteiger partial charge in [0.15, 0.2) is 5.69 Å². The lowest BCUT2D eigenvalue weighted by Crippen LogP contribution is -2.37. The SMILES string of the molecule is CNC(=O)c1n[nH]c2c1CN(C(=O)Cc1ccsc1)CC2. The van der Waals surface area contributed by atoms with Crippen molar-refractivity contribution in [1.29, 1.82) is 0 Å². The Hall–Kier alpha value is -2.15. The lowest BCUT2D eigenvalue weighted by Gasteiger charge is -2.27. The molecule has 3 rings (SSSR count). The number of H-pyrrole nitrogens is 1. The number of hydrogen-bond donors (Lipinski definition) is 2. The van der Waals surface area contributed by atoms with E-state index < -0.39 is 0 Å². The zero-order chi connectivity index (χ0) is 14.8. The second-order valence-corrected chi connectivity index (χ2v) is 5.76. The molecule has 0 bridgehead atoms. The van der Waals surface area contributed by atoms with Gasteiger partial charge in [-0.25, -0.2) is 0 Å². The van der Waals surface area contributed by atoms with E-state index in [0.717, 1.165) is 16.8 Å². The first-order valence-corrected chi connectivity index (χ1v) is 7.70. The molecule has 7 heteroatoms. The summed E-state index contributed by atoms with van der Waals surface area (Å²) in [5.74, 6) is -0.136. The summed E-state index contributed by atoms with van der Waals surface area (Å²) in [7, 11) is 1.58. The minimum Gasteiger partial charge on any atom is -0.354 e. The van der Waals surface area contributed by atoms with E-state index in [2.05, 4.69) is 15.5 Å². The highest BCUT2D eigenvalue weighted by atomic mass is 32.1. The molecule has 0 aliphatic carbocycles. The van der Waals surface area contributed by atoms with Crippen molar-refractivity contribution in [3.05, 3.63) is 39.3 Å². The van der Waals surface area contributed by atoms with Crippen molar-refractivity contribution < 1.29 is 9.59 Å². The van der Waals surface area contributed by atoms with Gasteiger partial charge in [0.05, 0.1) is 6.42 Å². The van der Waals surface area contributed by atoms with Crippen molar-refractivity contribution in [3.63, 3.8) is 0 Å². The molecule has 110 valence electrons. The fourth-order valence-corrected chi connectivity index (χ4v) is 3.16. The third-order valence-corrected chi connectivity index (χ3v) is 4.40. The van der Waals surface area contributed by atoms with Gasteiger partial charge < -0.3 is 10.2 Å². The molecule has 3 heterocycles. The number of hydrogen-bond acceptors (Lipinski definition) is 4. The highest BCUT2D eigenvalue weighted by molar-refractivity contribution is 7.07. The van der Waals surface area contributed by atoms with Crippen LogP contribution in [-0.4, -0.2) is 40.5 Å². The van der Waals surface area contributed by atoms with E-state index in [1.165, 1.54) is 0 Å². The molecule has 0 fully saturated rings. The molecule has 1 aliphatic rings. The Labute approximate surface area is 126 Å². The molecule has 0 radical (unpaired) electrons. The zero-order valence-corrected chi connectivity index (χ0v) is 12.5. The number of nitrogens with zero attached hydrogens (tertiary/aromatic N) is 2. The fourth-order valence-electron chi connectivity index (χ4n) is 2.49. The predicted octanol–water partition coefficient (Wildman–Crippen LogP) is 0.958. The molecule has 2 aromatic heterocycles. The first-order chi connectivity index (χ1) is 10.2. The van der Waals surface area contributed by atoms with Crippen LogP contribution in [0.15, 0.2) is 16.8 Å². The lowest BCUT2D eigenvalue weighted by atomic mass is 10.0. The van der Waals surface area contributed by atoms with Gasteiger partial charge in [-0.1, -0.05) is 0 Å². The van der Waals surface area contributed by atoms with E-state index >= 15 is 0 Å². The van der Waals surface area contributed by atoms with Gasteiger partial charge in [0.1, 0.15) is 0 Å². The Bertz CT molecular complexity index is 663. The van der Waals surface area contributed by atoms with E-state index in [0.29, 0.717) is 31.6 Å². The molecule has 2 amide bonds. The summed E-state index contributed by atoms with van der Waals surface area (Å²) in [5.41, 5.74) is 3.21. The van der Waals surface area contributed by atoms with Crippen LogP contribution in [0, 0.1) is 0 Å². The predicted molar refractivity (Wildman–Crippen MR) is 79.1 cm³/mol. The Morgan fingerprint density at radius 1 is 1.52 bits per heavy atom. The maximum Gasteiger partial charge on any atom is 0.271 e. The smallest absolute Gasteiger partial charge is 0.271 e. The summed E-state index contributed by atoms with van der Waals surface area (Å²) >= 11 is 1.59. The van der Waals surface area contributed by atoms with Crippen LogP contribution in [0.4, 0.5) is 0 Å². The molecule has 2 aromatic rings. The number of amides is 2. The number of carbonyl (C=O) groups excluding carboxylic acids is 2. The quantitative estimate of drug-likeness (QED) is 0.886. The van der Waals surface area contributed by atoms with Crippen molar-refractivity contribution >= 4 is 23.2 Å². The number of rotatable bonds is 3. The number of nitrogens with one attached hydrogen (secondary N) is 2. The molecule has 0 atom stereocenters. The maximum absolute atomic E-state index is 12.3. The molecule has 0 saturated carbocycles. The van der Waals surface area contributed by atoms with Crippen molar-refractivity contribution in [2.24, 2.45) is 0 Å². The second kappa shape index (κ2) is 5.69. The van der Waals surface area contributed by atoms with Crippen molar-refractivity contribution in [3.8, 4) is 0 Å². The third kappa shape index (κ3) is 2.69. The Kier molecular flexibility index (Phi) is 3.74. The van der Waals surface area contributed by atoms with E-state index in [1.807, 2.05) is 16.8 Å². The van der Waals surface area contributed by atoms with E-state index in [4.69, 9.17) is 0 Å². The number of thiophene rings is 1. The standard InChI is InChI=1S/C14H16N4O2S/c1-15-14(20)13-10-7-18(4-2-11(10)16-17-13)12(19)6-9-3-5-21-8-9/h3,5,8H,2,4,6-7H2,1H3,(H,15,20)(H,16,17). The Balaban J connectivity index is 1.75. The topological polar surface area (TPSA) is 78.1 Å². The van der Waals surface area contributed by atoms with Crippen LogP contribution in [0.2, 0.25) is 0 Å². The molecule has 0 saturated heterocycles. The monoisotopic (exact) mass is 304 g/mol. The van der Waals surface area contributed by atoms with E-state index in [-0.39, 0.29) is 11.8 Å². The second-order valence-electron chi connectivity index (χ2n) is 4.98. The number of fused-ring (bicyclic) bond motifs is 1. The van der Waals surface area contributed by atoms with Gasteiger partial charge >= 0.3 is 0 Å². The van der Waals surface area contributed by atoms with Gasteiger partial charge in [-0.05, 0) is 22.4 Å². The fraction of sp³-hybridized carbons (Fsp3) is 0.357. The third-order valence-electron chi connectivity index (χ3n) is 3.66. The van der Waals surface area contributed by atoms with Crippen LogP contribution in [0.3, 0.4) is 0 Å². The number of carbonyl (C=O) groups is 2. The highest BCUT2D eigenvalue weighted by Crippen LogP contribution is 2.21. The minimum atomic E-state index is -0.223. The first-order valence-electron chi connectivity index (χ1n) is 6.76. The van der Waals surface area contributed by atoms with Crippen LogP contribution in [-0.2, 0) is 24.2 Å². The first kappa shape index (κ1) is 13.8. The normalized spacial score (nSPS) is 13.9. The number of aromatic amines is 1. The molecule has 0 spiro atoms. The van der Waals surface area contributed by atoms with Gasteiger partial charge in [-0.2, -0.15) is 16.4 Å². The van der Waals surface area contributed by atoms with Crippen LogP contribution >= 0.6 is 11.3 Å². The Morgan fingerprint density at radius 3 is 3.10 bits per heavy atom. The largest absolute Gasteiger partial charge is 0.354 e. The van der Waals surface area contributed by atoms with Crippen LogP contribution in [0.5, 0.6) is 0 Å². The highest BCUT2D eigenvalue weighted by Gasteiger charge is 2.27. The van der Waals surface area contributed by atoms with Gasteiger partial charge in [-0.15, -0.1) is 0 Å². The van der Waals surface area contributed by atoms with Crippen LogP contribution < -0.4 is 5.32 Å². The molecule has 2 N–H and O–H groups in total. The van der Waals surface area contributed by atoms with Crippen LogP contribution in [0.25, 0.3) is 0 Å². The maximum atomic E-state index is 12.3.